The molecule has 1 aromatic carbocycles. The Bertz CT molecular complexity index is 517. The topological polar surface area (TPSA) is 38.8 Å². The first-order valence-corrected chi connectivity index (χ1v) is 7.66. The first-order chi connectivity index (χ1) is 10.2. The number of benzene rings is 1. The lowest BCUT2D eigenvalue weighted by atomic mass is 9.91. The highest BCUT2D eigenvalue weighted by atomic mass is 16.5. The zero-order chi connectivity index (χ0) is 14.8. The summed E-state index contributed by atoms with van der Waals surface area (Å²) in [6, 6.07) is 7.79. The molecule has 0 radical (unpaired) electrons. The lowest BCUT2D eigenvalue weighted by Gasteiger charge is -2.20. The summed E-state index contributed by atoms with van der Waals surface area (Å²) in [5.74, 6) is 1.12. The van der Waals surface area contributed by atoms with Crippen molar-refractivity contribution in [1.82, 2.24) is 4.90 Å². The molecule has 0 saturated carbocycles. The molecule has 1 amide bonds. The van der Waals surface area contributed by atoms with Crippen LogP contribution in [-0.2, 0) is 9.47 Å². The Morgan fingerprint density at radius 2 is 2.19 bits per heavy atom. The number of methoxy groups -OCH3 is 1. The van der Waals surface area contributed by atoms with Gasteiger partial charge in [0.2, 0.25) is 0 Å². The lowest BCUT2D eigenvalue weighted by Crippen LogP contribution is -2.31. The number of likely N-dealkylation sites (tertiary alicyclic amines) is 1. The van der Waals surface area contributed by atoms with Gasteiger partial charge in [0.15, 0.2) is 0 Å². The fourth-order valence-corrected chi connectivity index (χ4v) is 3.51. The summed E-state index contributed by atoms with van der Waals surface area (Å²) in [6.07, 6.45) is 1.23. The molecule has 0 bridgehead atoms. The molecule has 0 aliphatic carbocycles. The summed E-state index contributed by atoms with van der Waals surface area (Å²) in [5.41, 5.74) is 1.85. The van der Waals surface area contributed by atoms with Gasteiger partial charge in [-0.3, -0.25) is 4.79 Å². The number of carbonyl (C=O) groups is 1. The predicted molar refractivity (Wildman–Crippen MR) is 80.3 cm³/mol. The number of amides is 1. The Hall–Kier alpha value is -1.39. The molecular weight excluding hydrogens is 266 g/mol. The van der Waals surface area contributed by atoms with E-state index in [1.165, 1.54) is 0 Å². The molecule has 0 aromatic heterocycles. The Morgan fingerprint density at radius 3 is 2.95 bits per heavy atom. The molecule has 4 heteroatoms. The van der Waals surface area contributed by atoms with E-state index in [-0.39, 0.29) is 12.0 Å². The van der Waals surface area contributed by atoms with Gasteiger partial charge >= 0.3 is 0 Å². The molecule has 2 aliphatic heterocycles. The third kappa shape index (κ3) is 2.83. The smallest absolute Gasteiger partial charge is 0.254 e. The highest BCUT2D eigenvalue weighted by Gasteiger charge is 2.45. The minimum absolute atomic E-state index is 0.136. The molecule has 0 spiro atoms. The van der Waals surface area contributed by atoms with Crippen LogP contribution in [0.5, 0.6) is 0 Å². The number of nitrogens with zero attached hydrogens (tertiary/aromatic N) is 1. The molecular formula is C17H23NO3. The van der Waals surface area contributed by atoms with Crippen molar-refractivity contribution in [3.63, 3.8) is 0 Å². The maximum atomic E-state index is 12.7. The zero-order valence-electron chi connectivity index (χ0n) is 12.7. The van der Waals surface area contributed by atoms with Crippen molar-refractivity contribution in [2.75, 3.05) is 33.4 Å². The van der Waals surface area contributed by atoms with Crippen LogP contribution in [0.2, 0.25) is 0 Å². The van der Waals surface area contributed by atoms with Crippen molar-refractivity contribution in [3.05, 3.63) is 35.4 Å². The molecule has 2 aliphatic rings. The number of hydrogen-bond acceptors (Lipinski definition) is 3. The first-order valence-electron chi connectivity index (χ1n) is 7.66. The van der Waals surface area contributed by atoms with E-state index in [0.717, 1.165) is 43.9 Å². The molecule has 0 N–H and O–H groups in total. The average Bonchev–Trinajstić information content (AvgIpc) is 3.05. The quantitative estimate of drug-likeness (QED) is 0.852. The fraction of sp³-hybridized carbons (Fsp3) is 0.588. The number of hydrogen-bond donors (Lipinski definition) is 0. The van der Waals surface area contributed by atoms with Crippen molar-refractivity contribution in [1.29, 1.82) is 0 Å². The van der Waals surface area contributed by atoms with E-state index in [4.69, 9.17) is 9.47 Å². The largest absolute Gasteiger partial charge is 0.385 e. The molecule has 2 saturated heterocycles. The lowest BCUT2D eigenvalue weighted by molar-refractivity contribution is 0.0666. The minimum atomic E-state index is 0.136. The molecule has 2 fully saturated rings. The van der Waals surface area contributed by atoms with Crippen LogP contribution in [0, 0.1) is 18.8 Å². The van der Waals surface area contributed by atoms with Gasteiger partial charge in [0.1, 0.15) is 0 Å². The molecule has 114 valence electrons. The van der Waals surface area contributed by atoms with E-state index in [1.54, 1.807) is 7.11 Å². The summed E-state index contributed by atoms with van der Waals surface area (Å²) < 4.78 is 11.1. The summed E-state index contributed by atoms with van der Waals surface area (Å²) in [7, 11) is 1.73. The van der Waals surface area contributed by atoms with Crippen LogP contribution >= 0.6 is 0 Å². The summed E-state index contributed by atoms with van der Waals surface area (Å²) in [5, 5.41) is 0. The van der Waals surface area contributed by atoms with Crippen LogP contribution in [0.25, 0.3) is 0 Å². The summed E-state index contributed by atoms with van der Waals surface area (Å²) in [4.78, 5) is 14.6. The fourth-order valence-electron chi connectivity index (χ4n) is 3.51. The number of fused-ring (bicyclic) bond motifs is 1. The Kier molecular flexibility index (Phi) is 4.27. The summed E-state index contributed by atoms with van der Waals surface area (Å²) >= 11 is 0. The predicted octanol–water partition coefficient (Wildman–Crippen LogP) is 2.12. The van der Waals surface area contributed by atoms with Crippen molar-refractivity contribution < 1.29 is 14.3 Å². The third-order valence-corrected chi connectivity index (χ3v) is 4.79. The Balaban J connectivity index is 1.67. The van der Waals surface area contributed by atoms with Gasteiger partial charge in [-0.15, -0.1) is 0 Å². The van der Waals surface area contributed by atoms with E-state index in [0.29, 0.717) is 11.8 Å². The van der Waals surface area contributed by atoms with Crippen molar-refractivity contribution >= 4 is 5.91 Å². The van der Waals surface area contributed by atoms with Crippen LogP contribution in [-0.4, -0.2) is 50.3 Å². The van der Waals surface area contributed by atoms with Crippen LogP contribution in [0.1, 0.15) is 22.3 Å². The first kappa shape index (κ1) is 14.5. The molecule has 2 heterocycles. The van der Waals surface area contributed by atoms with Gasteiger partial charge < -0.3 is 14.4 Å². The second-order valence-electron chi connectivity index (χ2n) is 6.10. The molecule has 3 rings (SSSR count). The highest BCUT2D eigenvalue weighted by molar-refractivity contribution is 5.95. The van der Waals surface area contributed by atoms with Gasteiger partial charge in [-0.05, 0) is 30.9 Å². The molecule has 21 heavy (non-hydrogen) atoms. The van der Waals surface area contributed by atoms with E-state index in [1.807, 2.05) is 36.1 Å². The number of aryl methyl sites for hydroxylation is 1. The number of ether oxygens (including phenoxy) is 2. The van der Waals surface area contributed by atoms with Crippen LogP contribution in [0.4, 0.5) is 0 Å². The van der Waals surface area contributed by atoms with Crippen LogP contribution in [0.3, 0.4) is 0 Å². The third-order valence-electron chi connectivity index (χ3n) is 4.79. The molecule has 0 unspecified atom stereocenters. The van der Waals surface area contributed by atoms with Crippen LogP contribution < -0.4 is 0 Å². The van der Waals surface area contributed by atoms with Crippen LogP contribution in [0.15, 0.2) is 24.3 Å². The van der Waals surface area contributed by atoms with Gasteiger partial charge in [-0.2, -0.15) is 0 Å². The zero-order valence-corrected chi connectivity index (χ0v) is 12.7. The Morgan fingerprint density at radius 1 is 1.38 bits per heavy atom. The van der Waals surface area contributed by atoms with Crippen molar-refractivity contribution in [2.45, 2.75) is 19.4 Å². The van der Waals surface area contributed by atoms with Gasteiger partial charge in [0.05, 0.1) is 12.7 Å². The molecule has 1 aromatic rings. The van der Waals surface area contributed by atoms with Crippen molar-refractivity contribution in [2.24, 2.45) is 11.8 Å². The maximum Gasteiger partial charge on any atom is 0.254 e. The minimum Gasteiger partial charge on any atom is -0.385 e. The Labute approximate surface area is 126 Å². The van der Waals surface area contributed by atoms with E-state index >= 15 is 0 Å². The summed E-state index contributed by atoms with van der Waals surface area (Å²) in [6.45, 7) is 5.10. The second-order valence-corrected chi connectivity index (χ2v) is 6.10. The molecule has 4 nitrogen and oxygen atoms in total. The number of rotatable bonds is 4. The monoisotopic (exact) mass is 289 g/mol. The van der Waals surface area contributed by atoms with Gasteiger partial charge in [-0.1, -0.05) is 18.2 Å². The van der Waals surface area contributed by atoms with E-state index in [2.05, 4.69) is 0 Å². The second kappa shape index (κ2) is 6.16. The highest BCUT2D eigenvalue weighted by Crippen LogP contribution is 2.36. The average molecular weight is 289 g/mol. The van der Waals surface area contributed by atoms with Gasteiger partial charge in [0, 0.05) is 38.3 Å². The standard InChI is InChI=1S/C17H23NO3/c1-12-5-3-4-6-14(12)17(19)18-9-15-13(7-8-20-2)11-21-16(15)10-18/h3-6,13,15-16H,7-11H2,1-2H3/t13-,15-,16-/m1/s1. The van der Waals surface area contributed by atoms with E-state index in [9.17, 15) is 4.79 Å². The van der Waals surface area contributed by atoms with Gasteiger partial charge in [-0.25, -0.2) is 0 Å². The molecule has 3 atom stereocenters. The number of carbonyl (C=O) groups excluding carboxylic acids is 1. The van der Waals surface area contributed by atoms with Crippen molar-refractivity contribution in [3.8, 4) is 0 Å². The van der Waals surface area contributed by atoms with E-state index < -0.39 is 0 Å². The van der Waals surface area contributed by atoms with Gasteiger partial charge in [0.25, 0.3) is 5.91 Å². The normalized spacial score (nSPS) is 27.9. The maximum absolute atomic E-state index is 12.7. The SMILES string of the molecule is COCC[C@@H]1CO[C@@H]2CN(C(=O)c3ccccc3C)C[C@H]12.